The van der Waals surface area contributed by atoms with Crippen LogP contribution in [0.15, 0.2) is 42.5 Å². The third-order valence-electron chi connectivity index (χ3n) is 6.75. The highest BCUT2D eigenvalue weighted by atomic mass is 35.5. The van der Waals surface area contributed by atoms with E-state index in [0.717, 1.165) is 50.3 Å². The van der Waals surface area contributed by atoms with Gasteiger partial charge in [-0.1, -0.05) is 38.1 Å². The Hall–Kier alpha value is -2.48. The second-order valence-electron chi connectivity index (χ2n) is 9.07. The fraction of sp³-hybridized carbons (Fsp3) is 0.444. The summed E-state index contributed by atoms with van der Waals surface area (Å²) >= 11 is 0. The minimum absolute atomic E-state index is 0. The lowest BCUT2D eigenvalue weighted by molar-refractivity contribution is -0.131. The number of halogens is 3. The first kappa shape index (κ1) is 28.8. The van der Waals surface area contributed by atoms with Gasteiger partial charge < -0.3 is 20.3 Å². The zero-order valence-corrected chi connectivity index (χ0v) is 20.9. The number of rotatable bonds is 12. The molecule has 0 radical (unpaired) electrons. The molecule has 1 aliphatic rings. The number of benzene rings is 2. The lowest BCUT2D eigenvalue weighted by Gasteiger charge is -2.36. The molecule has 35 heavy (non-hydrogen) atoms. The smallest absolute Gasteiger partial charge is 0.328 e. The number of fused-ring (bicyclic) bond motifs is 1. The molecule has 1 atom stereocenters. The zero-order chi connectivity index (χ0) is 24.7. The highest BCUT2D eigenvalue weighted by Crippen LogP contribution is 2.34. The lowest BCUT2D eigenvalue weighted by atomic mass is 9.81. The summed E-state index contributed by atoms with van der Waals surface area (Å²) in [4.78, 5) is 10.7. The van der Waals surface area contributed by atoms with Crippen LogP contribution in [0.3, 0.4) is 0 Å². The van der Waals surface area contributed by atoms with E-state index >= 15 is 0 Å². The molecule has 0 heterocycles. The normalized spacial score (nSPS) is 14.5. The molecular formula is C27H34ClF2NO4. The van der Waals surface area contributed by atoms with E-state index in [2.05, 4.69) is 43.4 Å². The number of carbonyl (C=O) groups is 1. The van der Waals surface area contributed by atoms with Crippen LogP contribution in [0.25, 0.3) is 6.08 Å². The third kappa shape index (κ3) is 7.75. The maximum Gasteiger partial charge on any atom is 0.328 e. The Morgan fingerprint density at radius 3 is 2.40 bits per heavy atom. The quantitative estimate of drug-likeness (QED) is 0.344. The molecule has 1 aliphatic carbocycles. The van der Waals surface area contributed by atoms with Crippen molar-refractivity contribution < 1.29 is 28.5 Å². The van der Waals surface area contributed by atoms with Crippen LogP contribution in [0.2, 0.25) is 0 Å². The van der Waals surface area contributed by atoms with E-state index in [0.29, 0.717) is 5.92 Å². The Morgan fingerprint density at radius 1 is 1.20 bits per heavy atom. The van der Waals surface area contributed by atoms with E-state index in [1.165, 1.54) is 17.2 Å². The summed E-state index contributed by atoms with van der Waals surface area (Å²) in [5.41, 5.74) is 2.85. The van der Waals surface area contributed by atoms with Gasteiger partial charge in [-0.15, -0.1) is 12.4 Å². The predicted molar refractivity (Wildman–Crippen MR) is 135 cm³/mol. The van der Waals surface area contributed by atoms with Crippen molar-refractivity contribution >= 4 is 24.5 Å². The van der Waals surface area contributed by atoms with Gasteiger partial charge in [0.05, 0.1) is 0 Å². The number of β-amino-alcohol motifs (C(OH)–C–C–N with tert-alkyl or cyclic N) is 1. The molecule has 192 valence electrons. The van der Waals surface area contributed by atoms with Gasteiger partial charge in [-0.25, -0.2) is 9.18 Å². The molecule has 8 heteroatoms. The SMILES string of the molecule is CCC(CC)(CC1Cc2ccccc2C1)NC[C@@H](O)COc1cc(C=CC(=O)O)cc(F)c1F.Cl. The van der Waals surface area contributed by atoms with E-state index in [9.17, 15) is 18.7 Å². The summed E-state index contributed by atoms with van der Waals surface area (Å²) in [6.45, 7) is 4.30. The van der Waals surface area contributed by atoms with Crippen molar-refractivity contribution in [2.75, 3.05) is 13.2 Å². The molecular weight excluding hydrogens is 476 g/mol. The van der Waals surface area contributed by atoms with E-state index < -0.39 is 23.7 Å². The van der Waals surface area contributed by atoms with Gasteiger partial charge in [-0.05, 0) is 72.9 Å². The van der Waals surface area contributed by atoms with Crippen LogP contribution < -0.4 is 10.1 Å². The van der Waals surface area contributed by atoms with Crippen LogP contribution in [0.5, 0.6) is 5.75 Å². The Balaban J connectivity index is 0.00000432. The number of hydrogen-bond acceptors (Lipinski definition) is 4. The van der Waals surface area contributed by atoms with Crippen LogP contribution >= 0.6 is 12.4 Å². The standard InChI is InChI=1S/C27H33F2NO4.ClH/c1-3-27(4-2,15-19-11-20-7-5-6-8-21(20)12-19)30-16-22(31)17-34-24-14-18(9-10-25(32)33)13-23(28)26(24)29;/h5-10,13-14,19,22,30-31H,3-4,11-12,15-17H2,1-2H3,(H,32,33);1H/t22-;/m1./s1. The van der Waals surface area contributed by atoms with E-state index in [4.69, 9.17) is 9.84 Å². The van der Waals surface area contributed by atoms with E-state index in [-0.39, 0.29) is 42.4 Å². The summed E-state index contributed by atoms with van der Waals surface area (Å²) in [5.74, 6) is -3.36. The van der Waals surface area contributed by atoms with Crippen LogP contribution in [0.1, 0.15) is 49.8 Å². The molecule has 0 saturated heterocycles. The van der Waals surface area contributed by atoms with Gasteiger partial charge in [-0.2, -0.15) is 4.39 Å². The summed E-state index contributed by atoms with van der Waals surface area (Å²) in [6.07, 6.45) is 5.95. The highest BCUT2D eigenvalue weighted by molar-refractivity contribution is 5.85. The van der Waals surface area contributed by atoms with Crippen LogP contribution in [-0.4, -0.2) is 41.0 Å². The van der Waals surface area contributed by atoms with Crippen LogP contribution in [0.4, 0.5) is 8.78 Å². The molecule has 3 N–H and O–H groups in total. The average Bonchev–Trinajstić information content (AvgIpc) is 3.23. The molecule has 0 aliphatic heterocycles. The van der Waals surface area contributed by atoms with Gasteiger partial charge >= 0.3 is 5.97 Å². The monoisotopic (exact) mass is 509 g/mol. The Labute approximate surface area is 211 Å². The highest BCUT2D eigenvalue weighted by Gasteiger charge is 2.32. The molecule has 0 unspecified atom stereocenters. The van der Waals surface area contributed by atoms with Gasteiger partial charge in [0.1, 0.15) is 12.7 Å². The topological polar surface area (TPSA) is 78.8 Å². The zero-order valence-electron chi connectivity index (χ0n) is 20.1. The first-order valence-electron chi connectivity index (χ1n) is 11.8. The van der Waals surface area contributed by atoms with Crippen molar-refractivity contribution in [2.45, 2.75) is 57.6 Å². The van der Waals surface area contributed by atoms with Gasteiger partial charge in [0, 0.05) is 18.2 Å². The first-order valence-corrected chi connectivity index (χ1v) is 11.8. The summed E-state index contributed by atoms with van der Waals surface area (Å²) < 4.78 is 33.3. The number of nitrogens with one attached hydrogen (secondary N) is 1. The van der Waals surface area contributed by atoms with Gasteiger partial charge in [0.25, 0.3) is 0 Å². The van der Waals surface area contributed by atoms with Crippen LogP contribution in [-0.2, 0) is 17.6 Å². The van der Waals surface area contributed by atoms with Crippen LogP contribution in [0, 0.1) is 17.6 Å². The van der Waals surface area contributed by atoms with Crippen molar-refractivity contribution in [2.24, 2.45) is 5.92 Å². The summed E-state index contributed by atoms with van der Waals surface area (Å²) in [5, 5.41) is 22.7. The molecule has 5 nitrogen and oxygen atoms in total. The number of aliphatic hydroxyl groups excluding tert-OH is 1. The Bertz CT molecular complexity index is 1000. The fourth-order valence-electron chi connectivity index (χ4n) is 4.74. The van der Waals surface area contributed by atoms with Crippen molar-refractivity contribution in [3.63, 3.8) is 0 Å². The van der Waals surface area contributed by atoms with Crippen molar-refractivity contribution in [1.82, 2.24) is 5.32 Å². The van der Waals surface area contributed by atoms with Crippen molar-refractivity contribution in [3.8, 4) is 5.75 Å². The minimum atomic E-state index is -1.20. The molecule has 0 bridgehead atoms. The Morgan fingerprint density at radius 2 is 1.83 bits per heavy atom. The first-order chi connectivity index (χ1) is 16.2. The number of carboxylic acid groups (broad SMARTS) is 1. The maximum atomic E-state index is 14.1. The molecule has 0 aromatic heterocycles. The average molecular weight is 510 g/mol. The number of hydrogen-bond donors (Lipinski definition) is 3. The minimum Gasteiger partial charge on any atom is -0.488 e. The van der Waals surface area contributed by atoms with Gasteiger partial charge in [0.2, 0.25) is 5.82 Å². The number of aliphatic hydroxyl groups is 1. The van der Waals surface area contributed by atoms with Gasteiger partial charge in [-0.3, -0.25) is 0 Å². The molecule has 3 rings (SSSR count). The second kappa shape index (κ2) is 13.0. The van der Waals surface area contributed by atoms with Crippen molar-refractivity contribution in [1.29, 1.82) is 0 Å². The summed E-state index contributed by atoms with van der Waals surface area (Å²) in [7, 11) is 0. The molecule has 2 aromatic carbocycles. The molecule has 2 aromatic rings. The second-order valence-corrected chi connectivity index (χ2v) is 9.07. The molecule has 0 fully saturated rings. The van der Waals surface area contributed by atoms with Gasteiger partial charge in [0.15, 0.2) is 11.6 Å². The molecule has 0 spiro atoms. The summed E-state index contributed by atoms with van der Waals surface area (Å²) in [6, 6.07) is 10.6. The van der Waals surface area contributed by atoms with E-state index in [1.807, 2.05) is 0 Å². The number of aliphatic carboxylic acids is 1. The maximum absolute atomic E-state index is 14.1. The fourth-order valence-corrected chi connectivity index (χ4v) is 4.74. The lowest BCUT2D eigenvalue weighted by Crippen LogP contribution is -2.49. The largest absolute Gasteiger partial charge is 0.488 e. The number of carboxylic acids is 1. The van der Waals surface area contributed by atoms with E-state index in [1.54, 1.807) is 0 Å². The molecule has 0 saturated carbocycles. The third-order valence-corrected chi connectivity index (χ3v) is 6.75. The Kier molecular flexibility index (Phi) is 10.7. The predicted octanol–water partition coefficient (Wildman–Crippen LogP) is 5.18. The molecule has 0 amide bonds. The number of ether oxygens (including phenoxy) is 1. The van der Waals surface area contributed by atoms with Crippen molar-refractivity contribution in [3.05, 3.63) is 70.8 Å².